The first kappa shape index (κ1) is 11.9. The molecule has 15 heavy (non-hydrogen) atoms. The normalized spacial score (nSPS) is 28.2. The zero-order valence-corrected chi connectivity index (χ0v) is 8.51. The average Bonchev–Trinajstić information content (AvgIpc) is 2.43. The average molecular weight is 216 g/mol. The first-order chi connectivity index (χ1) is 6.97. The fourth-order valence-corrected chi connectivity index (χ4v) is 1.63. The molecule has 1 aliphatic heterocycles. The molecule has 1 amide bonds. The van der Waals surface area contributed by atoms with Crippen LogP contribution in [0.5, 0.6) is 0 Å². The minimum atomic E-state index is -1.06. The molecular weight excluding hydrogens is 200 g/mol. The van der Waals surface area contributed by atoms with Crippen molar-refractivity contribution in [2.45, 2.75) is 25.2 Å². The zero-order valence-electron chi connectivity index (χ0n) is 8.51. The molecule has 6 N–H and O–H groups in total. The Labute approximate surface area is 87.4 Å². The van der Waals surface area contributed by atoms with Crippen LogP contribution in [0.3, 0.4) is 0 Å². The highest BCUT2D eigenvalue weighted by Gasteiger charge is 2.40. The van der Waals surface area contributed by atoms with Crippen molar-refractivity contribution in [3.8, 4) is 0 Å². The number of carbonyl (C=O) groups is 2. The van der Waals surface area contributed by atoms with Crippen LogP contribution < -0.4 is 16.8 Å². The highest BCUT2D eigenvalue weighted by atomic mass is 16.4. The molecule has 0 aromatic rings. The van der Waals surface area contributed by atoms with Crippen LogP contribution in [0, 0.1) is 0 Å². The molecule has 0 aromatic heterocycles. The Morgan fingerprint density at radius 1 is 1.73 bits per heavy atom. The Bertz CT molecular complexity index is 269. The maximum Gasteiger partial charge on any atom is 0.323 e. The summed E-state index contributed by atoms with van der Waals surface area (Å²) in [7, 11) is 0. The largest absolute Gasteiger partial charge is 0.480 e. The van der Waals surface area contributed by atoms with Gasteiger partial charge in [-0.15, -0.1) is 0 Å². The molecule has 1 fully saturated rings. The number of aliphatic carboxylic acids is 1. The monoisotopic (exact) mass is 216 g/mol. The second-order valence-electron chi connectivity index (χ2n) is 3.62. The maximum atomic E-state index is 11.7. The number of nitrogens with one attached hydrogen (secondary N) is 1. The molecular formula is C8H16N4O3. The molecule has 1 aliphatic rings. The number of nitrogens with two attached hydrogens (primary N) is 2. The number of carboxylic acid groups (broad SMARTS) is 1. The van der Waals surface area contributed by atoms with Gasteiger partial charge in [-0.05, 0) is 6.92 Å². The molecule has 7 heteroatoms. The Morgan fingerprint density at radius 2 is 2.33 bits per heavy atom. The van der Waals surface area contributed by atoms with Crippen molar-refractivity contribution in [1.82, 2.24) is 10.2 Å². The summed E-state index contributed by atoms with van der Waals surface area (Å²) in [5, 5.41) is 11.6. The van der Waals surface area contributed by atoms with E-state index in [4.69, 9.17) is 16.6 Å². The smallest absolute Gasteiger partial charge is 0.323 e. The fraction of sp³-hybridized carbons (Fsp3) is 0.750. The van der Waals surface area contributed by atoms with Gasteiger partial charge < -0.3 is 21.5 Å². The van der Waals surface area contributed by atoms with E-state index in [2.05, 4.69) is 5.32 Å². The van der Waals surface area contributed by atoms with E-state index in [0.29, 0.717) is 0 Å². The number of carboxylic acids is 1. The van der Waals surface area contributed by atoms with Gasteiger partial charge in [-0.25, -0.2) is 0 Å². The van der Waals surface area contributed by atoms with Crippen LogP contribution in [0.4, 0.5) is 0 Å². The van der Waals surface area contributed by atoms with Crippen LogP contribution in [0.25, 0.3) is 0 Å². The Balaban J connectivity index is 2.78. The third-order valence-corrected chi connectivity index (χ3v) is 2.33. The summed E-state index contributed by atoms with van der Waals surface area (Å²) >= 11 is 0. The molecule has 0 aliphatic carbocycles. The van der Waals surface area contributed by atoms with Gasteiger partial charge in [-0.2, -0.15) is 0 Å². The lowest BCUT2D eigenvalue weighted by molar-refractivity contribution is -0.144. The standard InChI is InChI=1S/C8H16N4O3/c1-4(10)7-11-5(2-9)8(15)12(7)3-6(13)14/h4-5,7,11H,2-3,9-10H2,1H3,(H,13,14). The maximum absolute atomic E-state index is 11.7. The predicted molar refractivity (Wildman–Crippen MR) is 52.8 cm³/mol. The molecule has 0 bridgehead atoms. The van der Waals surface area contributed by atoms with E-state index >= 15 is 0 Å². The second-order valence-corrected chi connectivity index (χ2v) is 3.62. The molecule has 1 heterocycles. The van der Waals surface area contributed by atoms with E-state index in [1.165, 1.54) is 4.90 Å². The first-order valence-corrected chi connectivity index (χ1v) is 4.71. The van der Waals surface area contributed by atoms with Gasteiger partial charge in [0.1, 0.15) is 12.6 Å². The third-order valence-electron chi connectivity index (χ3n) is 2.33. The quantitative estimate of drug-likeness (QED) is 0.412. The van der Waals surface area contributed by atoms with Crippen LogP contribution in [0.2, 0.25) is 0 Å². The number of amides is 1. The van der Waals surface area contributed by atoms with E-state index in [1.807, 2.05) is 0 Å². The Morgan fingerprint density at radius 3 is 2.73 bits per heavy atom. The van der Waals surface area contributed by atoms with Crippen molar-refractivity contribution in [3.05, 3.63) is 0 Å². The van der Waals surface area contributed by atoms with Crippen molar-refractivity contribution in [2.24, 2.45) is 11.5 Å². The summed E-state index contributed by atoms with van der Waals surface area (Å²) in [6.45, 7) is 1.49. The third kappa shape index (κ3) is 2.44. The number of rotatable bonds is 4. The van der Waals surface area contributed by atoms with E-state index in [1.54, 1.807) is 6.92 Å². The van der Waals surface area contributed by atoms with Gasteiger partial charge >= 0.3 is 5.97 Å². The highest BCUT2D eigenvalue weighted by molar-refractivity contribution is 5.87. The number of hydrogen-bond donors (Lipinski definition) is 4. The van der Waals surface area contributed by atoms with Gasteiger partial charge in [-0.1, -0.05) is 0 Å². The number of nitrogens with zero attached hydrogens (tertiary/aromatic N) is 1. The van der Waals surface area contributed by atoms with Crippen LogP contribution in [0.15, 0.2) is 0 Å². The zero-order chi connectivity index (χ0) is 11.6. The molecule has 0 saturated carbocycles. The minimum Gasteiger partial charge on any atom is -0.480 e. The fourth-order valence-electron chi connectivity index (χ4n) is 1.63. The Hall–Kier alpha value is -1.18. The molecule has 3 atom stereocenters. The Kier molecular flexibility index (Phi) is 3.61. The molecule has 0 spiro atoms. The van der Waals surface area contributed by atoms with Crippen molar-refractivity contribution >= 4 is 11.9 Å². The summed E-state index contributed by atoms with van der Waals surface area (Å²) in [6.07, 6.45) is -0.456. The van der Waals surface area contributed by atoms with Crippen LogP contribution in [0.1, 0.15) is 6.92 Å². The van der Waals surface area contributed by atoms with Gasteiger partial charge in [0, 0.05) is 12.6 Å². The number of carbonyl (C=O) groups excluding carboxylic acids is 1. The van der Waals surface area contributed by atoms with E-state index in [9.17, 15) is 9.59 Å². The van der Waals surface area contributed by atoms with E-state index < -0.39 is 18.2 Å². The summed E-state index contributed by atoms with van der Waals surface area (Å²) < 4.78 is 0. The SMILES string of the molecule is CC(N)C1NC(CN)C(=O)N1CC(=O)O. The first-order valence-electron chi connectivity index (χ1n) is 4.71. The van der Waals surface area contributed by atoms with Crippen molar-refractivity contribution < 1.29 is 14.7 Å². The van der Waals surface area contributed by atoms with Gasteiger partial charge in [-0.3, -0.25) is 14.9 Å². The van der Waals surface area contributed by atoms with Crippen molar-refractivity contribution in [3.63, 3.8) is 0 Å². The van der Waals surface area contributed by atoms with Gasteiger partial charge in [0.25, 0.3) is 0 Å². The lowest BCUT2D eigenvalue weighted by atomic mass is 10.2. The lowest BCUT2D eigenvalue weighted by Crippen LogP contribution is -2.50. The molecule has 0 radical (unpaired) electrons. The molecule has 3 unspecified atom stereocenters. The van der Waals surface area contributed by atoms with Crippen molar-refractivity contribution in [1.29, 1.82) is 0 Å². The highest BCUT2D eigenvalue weighted by Crippen LogP contribution is 2.11. The van der Waals surface area contributed by atoms with Gasteiger partial charge in [0.2, 0.25) is 5.91 Å². The lowest BCUT2D eigenvalue weighted by Gasteiger charge is -2.25. The molecule has 1 saturated heterocycles. The van der Waals surface area contributed by atoms with E-state index in [0.717, 1.165) is 0 Å². The topological polar surface area (TPSA) is 122 Å². The summed E-state index contributed by atoms with van der Waals surface area (Å²) in [4.78, 5) is 23.4. The van der Waals surface area contributed by atoms with Gasteiger partial charge in [0.15, 0.2) is 0 Å². The van der Waals surface area contributed by atoms with Gasteiger partial charge in [0.05, 0.1) is 6.17 Å². The molecule has 1 rings (SSSR count). The van der Waals surface area contributed by atoms with Crippen LogP contribution in [-0.2, 0) is 9.59 Å². The van der Waals surface area contributed by atoms with E-state index in [-0.39, 0.29) is 25.0 Å². The number of hydrogen-bond acceptors (Lipinski definition) is 5. The second kappa shape index (κ2) is 4.56. The van der Waals surface area contributed by atoms with Crippen LogP contribution >= 0.6 is 0 Å². The molecule has 0 aromatic carbocycles. The summed E-state index contributed by atoms with van der Waals surface area (Å²) in [6, 6.07) is -0.870. The predicted octanol–water partition coefficient (Wildman–Crippen LogP) is -2.50. The van der Waals surface area contributed by atoms with Crippen molar-refractivity contribution in [2.75, 3.05) is 13.1 Å². The summed E-state index contributed by atoms with van der Waals surface area (Å²) in [5.74, 6) is -1.37. The minimum absolute atomic E-state index is 0.137. The molecule has 86 valence electrons. The summed E-state index contributed by atoms with van der Waals surface area (Å²) in [5.41, 5.74) is 11.0. The van der Waals surface area contributed by atoms with Crippen LogP contribution in [-0.4, -0.2) is 53.2 Å². The molecule has 7 nitrogen and oxygen atoms in total.